The van der Waals surface area contributed by atoms with Crippen LogP contribution in [0.15, 0.2) is 58.4 Å². The zero-order valence-electron chi connectivity index (χ0n) is 20.6. The number of thiocarbonyl (C=S) groups is 1. The van der Waals surface area contributed by atoms with Gasteiger partial charge in [-0.1, -0.05) is 67.3 Å². The Hall–Kier alpha value is -2.97. The van der Waals surface area contributed by atoms with E-state index >= 15 is 0 Å². The Bertz CT molecular complexity index is 1390. The van der Waals surface area contributed by atoms with E-state index in [2.05, 4.69) is 24.0 Å². The zero-order valence-corrected chi connectivity index (χ0v) is 22.3. The molecule has 6 nitrogen and oxygen atoms in total. The third-order valence-electron chi connectivity index (χ3n) is 6.99. The van der Waals surface area contributed by atoms with Gasteiger partial charge in [-0.25, -0.2) is 4.98 Å². The monoisotopic (exact) mass is 518 g/mol. The minimum Gasteiger partial charge on any atom is -0.356 e. The second-order valence-electron chi connectivity index (χ2n) is 9.63. The molecule has 5 rings (SSSR count). The number of amides is 1. The lowest BCUT2D eigenvalue weighted by molar-refractivity contribution is -0.122. The Morgan fingerprint density at radius 3 is 2.61 bits per heavy atom. The molecule has 2 aliphatic heterocycles. The summed E-state index contributed by atoms with van der Waals surface area (Å²) in [5, 5.41) is 0. The highest BCUT2D eigenvalue weighted by Gasteiger charge is 2.33. The second kappa shape index (κ2) is 10.6. The molecule has 1 aromatic carbocycles. The summed E-state index contributed by atoms with van der Waals surface area (Å²) >= 11 is 6.83. The number of fused-ring (bicyclic) bond motifs is 1. The van der Waals surface area contributed by atoms with Crippen LogP contribution >= 0.6 is 24.0 Å². The van der Waals surface area contributed by atoms with Crippen LogP contribution in [-0.4, -0.2) is 44.1 Å². The molecule has 186 valence electrons. The van der Waals surface area contributed by atoms with Crippen LogP contribution in [0.25, 0.3) is 11.7 Å². The average molecular weight is 519 g/mol. The van der Waals surface area contributed by atoms with Gasteiger partial charge in [-0.2, -0.15) is 0 Å². The van der Waals surface area contributed by atoms with Crippen LogP contribution in [0, 0.1) is 12.8 Å². The predicted molar refractivity (Wildman–Crippen MR) is 151 cm³/mol. The molecule has 0 saturated carbocycles. The molecular weight excluding hydrogens is 488 g/mol. The van der Waals surface area contributed by atoms with E-state index < -0.39 is 0 Å². The van der Waals surface area contributed by atoms with E-state index in [4.69, 9.17) is 17.2 Å². The minimum atomic E-state index is -0.160. The summed E-state index contributed by atoms with van der Waals surface area (Å²) in [5.74, 6) is 1.18. The van der Waals surface area contributed by atoms with Crippen molar-refractivity contribution in [1.82, 2.24) is 14.3 Å². The zero-order chi connectivity index (χ0) is 25.2. The number of benzene rings is 1. The van der Waals surface area contributed by atoms with Crippen LogP contribution in [0.4, 0.5) is 5.82 Å². The molecule has 0 bridgehead atoms. The molecule has 3 aromatic rings. The number of thioether (sulfide) groups is 1. The summed E-state index contributed by atoms with van der Waals surface area (Å²) in [6, 6.07) is 14.0. The van der Waals surface area contributed by atoms with E-state index in [1.54, 1.807) is 21.6 Å². The van der Waals surface area contributed by atoms with E-state index in [0.29, 0.717) is 38.7 Å². The highest BCUT2D eigenvalue weighted by Crippen LogP contribution is 2.34. The molecule has 0 radical (unpaired) electrons. The molecule has 0 N–H and O–H groups in total. The Balaban J connectivity index is 1.46. The second-order valence-corrected chi connectivity index (χ2v) is 11.3. The molecule has 2 saturated heterocycles. The maximum atomic E-state index is 13.7. The Morgan fingerprint density at radius 2 is 1.86 bits per heavy atom. The number of anilines is 1. The van der Waals surface area contributed by atoms with Gasteiger partial charge in [0.2, 0.25) is 0 Å². The lowest BCUT2D eigenvalue weighted by Crippen LogP contribution is -2.36. The number of aromatic nitrogens is 2. The summed E-state index contributed by atoms with van der Waals surface area (Å²) in [7, 11) is 0. The van der Waals surface area contributed by atoms with Crippen LogP contribution in [0.3, 0.4) is 0 Å². The first kappa shape index (κ1) is 24.7. The quantitative estimate of drug-likeness (QED) is 0.335. The van der Waals surface area contributed by atoms with Crippen LogP contribution in [0.5, 0.6) is 0 Å². The highest BCUT2D eigenvalue weighted by molar-refractivity contribution is 8.26. The smallest absolute Gasteiger partial charge is 0.267 e. The van der Waals surface area contributed by atoms with Gasteiger partial charge in [-0.05, 0) is 61.8 Å². The van der Waals surface area contributed by atoms with E-state index in [-0.39, 0.29) is 11.5 Å². The van der Waals surface area contributed by atoms with Gasteiger partial charge < -0.3 is 4.90 Å². The average Bonchev–Trinajstić information content (AvgIpc) is 3.14. The number of piperidine rings is 1. The number of carbonyl (C=O) groups excluding carboxylic acids is 1. The highest BCUT2D eigenvalue weighted by atomic mass is 32.2. The van der Waals surface area contributed by atoms with Crippen molar-refractivity contribution in [2.75, 3.05) is 24.5 Å². The van der Waals surface area contributed by atoms with Crippen molar-refractivity contribution >= 4 is 51.7 Å². The molecule has 8 heteroatoms. The SMILES string of the molecule is Cc1cccn2c(=O)c(/C=C3\SC(=S)N(CCCc4ccccc4)C3=O)c(N3CCC(C)CC3)nc12. The normalized spacial score (nSPS) is 18.1. The van der Waals surface area contributed by atoms with Gasteiger partial charge in [-0.3, -0.25) is 18.9 Å². The van der Waals surface area contributed by atoms with Gasteiger partial charge in [-0.15, -0.1) is 0 Å². The van der Waals surface area contributed by atoms with Gasteiger partial charge in [0.25, 0.3) is 11.5 Å². The van der Waals surface area contributed by atoms with E-state index in [1.165, 1.54) is 17.3 Å². The van der Waals surface area contributed by atoms with Crippen LogP contribution in [0.1, 0.15) is 42.9 Å². The number of hydrogen-bond acceptors (Lipinski definition) is 6. The first-order chi connectivity index (χ1) is 17.4. The molecular formula is C28H30N4O2S2. The molecule has 1 amide bonds. The fraction of sp³-hybridized carbons (Fsp3) is 0.357. The lowest BCUT2D eigenvalue weighted by Gasteiger charge is -2.32. The molecule has 2 aliphatic rings. The van der Waals surface area contributed by atoms with E-state index in [9.17, 15) is 9.59 Å². The van der Waals surface area contributed by atoms with Crippen molar-refractivity contribution in [2.45, 2.75) is 39.5 Å². The Kier molecular flexibility index (Phi) is 7.25. The van der Waals surface area contributed by atoms with Crippen molar-refractivity contribution in [3.8, 4) is 0 Å². The molecule has 0 unspecified atom stereocenters. The number of hydrogen-bond donors (Lipinski definition) is 0. The number of carbonyl (C=O) groups is 1. The molecule has 2 aromatic heterocycles. The Morgan fingerprint density at radius 1 is 1.11 bits per heavy atom. The topological polar surface area (TPSA) is 57.9 Å². The van der Waals surface area contributed by atoms with Gasteiger partial charge in [0.15, 0.2) is 0 Å². The summed E-state index contributed by atoms with van der Waals surface area (Å²) in [4.78, 5) is 36.3. The summed E-state index contributed by atoms with van der Waals surface area (Å²) in [6.07, 6.45) is 7.26. The number of pyridine rings is 1. The molecule has 0 aliphatic carbocycles. The molecule has 0 atom stereocenters. The summed E-state index contributed by atoms with van der Waals surface area (Å²) in [5.41, 5.74) is 3.13. The van der Waals surface area contributed by atoms with Crippen LogP contribution in [-0.2, 0) is 11.2 Å². The largest absolute Gasteiger partial charge is 0.356 e. The van der Waals surface area contributed by atoms with Crippen molar-refractivity contribution < 1.29 is 4.79 Å². The molecule has 36 heavy (non-hydrogen) atoms. The number of aryl methyl sites for hydroxylation is 2. The maximum Gasteiger partial charge on any atom is 0.267 e. The first-order valence-corrected chi connectivity index (χ1v) is 13.7. The van der Waals surface area contributed by atoms with Crippen molar-refractivity contribution in [3.05, 3.63) is 80.6 Å². The molecule has 2 fully saturated rings. The Labute approximate surface area is 221 Å². The van der Waals surface area contributed by atoms with Gasteiger partial charge in [0, 0.05) is 25.8 Å². The van der Waals surface area contributed by atoms with E-state index in [1.807, 2.05) is 37.3 Å². The van der Waals surface area contributed by atoms with Crippen molar-refractivity contribution in [1.29, 1.82) is 0 Å². The molecule has 4 heterocycles. The number of rotatable bonds is 6. The summed E-state index contributed by atoms with van der Waals surface area (Å²) in [6.45, 7) is 6.47. The van der Waals surface area contributed by atoms with Crippen molar-refractivity contribution in [2.24, 2.45) is 5.92 Å². The third-order valence-corrected chi connectivity index (χ3v) is 8.36. The fourth-order valence-electron chi connectivity index (χ4n) is 4.80. The van der Waals surface area contributed by atoms with Gasteiger partial charge >= 0.3 is 0 Å². The van der Waals surface area contributed by atoms with Crippen molar-refractivity contribution in [3.63, 3.8) is 0 Å². The standard InChI is InChI=1S/C28H30N4O2S2/c1-19-12-16-30(17-13-19)25-22(26(33)31-14-6-8-20(2)24(31)29-25)18-23-27(34)32(28(35)36-23)15-7-11-21-9-4-3-5-10-21/h3-6,8-10,14,18-19H,7,11-13,15-17H2,1-2H3/b23-18-. The number of nitrogens with zero attached hydrogens (tertiary/aromatic N) is 4. The maximum absolute atomic E-state index is 13.7. The predicted octanol–water partition coefficient (Wildman–Crippen LogP) is 5.07. The van der Waals surface area contributed by atoms with E-state index in [0.717, 1.165) is 44.3 Å². The first-order valence-electron chi connectivity index (χ1n) is 12.5. The van der Waals surface area contributed by atoms with Crippen LogP contribution in [0.2, 0.25) is 0 Å². The third kappa shape index (κ3) is 4.97. The minimum absolute atomic E-state index is 0.134. The van der Waals surface area contributed by atoms with Gasteiger partial charge in [0.05, 0.1) is 10.5 Å². The van der Waals surface area contributed by atoms with Crippen LogP contribution < -0.4 is 10.5 Å². The fourth-order valence-corrected chi connectivity index (χ4v) is 6.09. The summed E-state index contributed by atoms with van der Waals surface area (Å²) < 4.78 is 2.12. The lowest BCUT2D eigenvalue weighted by atomic mass is 9.99. The molecule has 0 spiro atoms. The van der Waals surface area contributed by atoms with Gasteiger partial charge in [0.1, 0.15) is 15.8 Å².